The molecule has 0 atom stereocenters. The summed E-state index contributed by atoms with van der Waals surface area (Å²) in [4.78, 5) is 2.03. The summed E-state index contributed by atoms with van der Waals surface area (Å²) in [7, 11) is 5.52. The van der Waals surface area contributed by atoms with E-state index >= 15 is 0 Å². The van der Waals surface area contributed by atoms with E-state index in [4.69, 9.17) is 14.7 Å². The van der Waals surface area contributed by atoms with E-state index in [0.29, 0.717) is 23.7 Å². The Morgan fingerprint density at radius 2 is 2.12 bits per heavy atom. The lowest BCUT2D eigenvalue weighted by atomic mass is 10.2. The average Bonchev–Trinajstić information content (AvgIpc) is 2.30. The molecule has 1 rings (SSSR count). The Labute approximate surface area is 110 Å². The monoisotopic (exact) mass is 298 g/mol. The zero-order valence-electron chi connectivity index (χ0n) is 10.2. The van der Waals surface area contributed by atoms with Gasteiger partial charge in [-0.25, -0.2) is 0 Å². The van der Waals surface area contributed by atoms with Crippen molar-refractivity contribution < 1.29 is 9.47 Å². The molecule has 0 aliphatic carbocycles. The Balaban J connectivity index is 2.87. The molecule has 0 spiro atoms. The van der Waals surface area contributed by atoms with Crippen molar-refractivity contribution in [1.29, 1.82) is 5.26 Å². The normalized spacial score (nSPS) is 10.1. The molecule has 17 heavy (non-hydrogen) atoms. The standard InChI is InChI=1S/C12H15BrN2O2/c1-15(2)4-5-17-12-10(13)6-9(8-14)7-11(12)16-3/h6-7H,4-5H2,1-3H3. The molecule has 0 N–H and O–H groups in total. The number of methoxy groups -OCH3 is 1. The maximum Gasteiger partial charge on any atom is 0.175 e. The van der Waals surface area contributed by atoms with Crippen molar-refractivity contribution >= 4 is 15.9 Å². The number of nitrogens with zero attached hydrogens (tertiary/aromatic N) is 2. The maximum atomic E-state index is 8.85. The predicted molar refractivity (Wildman–Crippen MR) is 69.5 cm³/mol. The van der Waals surface area contributed by atoms with Crippen LogP contribution in [0.25, 0.3) is 0 Å². The van der Waals surface area contributed by atoms with E-state index in [-0.39, 0.29) is 0 Å². The van der Waals surface area contributed by atoms with Crippen LogP contribution in [0.5, 0.6) is 11.5 Å². The van der Waals surface area contributed by atoms with Gasteiger partial charge in [0.2, 0.25) is 0 Å². The second-order valence-corrected chi connectivity index (χ2v) is 4.61. The fraction of sp³-hybridized carbons (Fsp3) is 0.417. The highest BCUT2D eigenvalue weighted by Gasteiger charge is 2.11. The molecule has 5 heteroatoms. The van der Waals surface area contributed by atoms with Crippen molar-refractivity contribution in [2.24, 2.45) is 0 Å². The molecule has 0 heterocycles. The Kier molecular flexibility index (Phi) is 5.26. The molecule has 0 fully saturated rings. The first-order chi connectivity index (χ1) is 8.08. The Bertz CT molecular complexity index is 427. The molecule has 4 nitrogen and oxygen atoms in total. The fourth-order valence-corrected chi connectivity index (χ4v) is 1.81. The molecule has 1 aromatic carbocycles. The van der Waals surface area contributed by atoms with Crippen LogP contribution >= 0.6 is 15.9 Å². The van der Waals surface area contributed by atoms with E-state index in [1.165, 1.54) is 0 Å². The first-order valence-corrected chi connectivity index (χ1v) is 5.93. The average molecular weight is 299 g/mol. The van der Waals surface area contributed by atoms with Gasteiger partial charge in [-0.3, -0.25) is 0 Å². The third-order valence-corrected chi connectivity index (χ3v) is 2.73. The van der Waals surface area contributed by atoms with Crippen LogP contribution < -0.4 is 9.47 Å². The zero-order chi connectivity index (χ0) is 12.8. The molecule has 0 radical (unpaired) electrons. The van der Waals surface area contributed by atoms with Gasteiger partial charge < -0.3 is 14.4 Å². The van der Waals surface area contributed by atoms with Crippen molar-refractivity contribution in [1.82, 2.24) is 4.90 Å². The van der Waals surface area contributed by atoms with Crippen molar-refractivity contribution in [2.45, 2.75) is 0 Å². The molecule has 0 aliphatic rings. The Morgan fingerprint density at radius 3 is 2.65 bits per heavy atom. The molecular formula is C12H15BrN2O2. The smallest absolute Gasteiger partial charge is 0.175 e. The largest absolute Gasteiger partial charge is 0.493 e. The lowest BCUT2D eigenvalue weighted by Gasteiger charge is -2.15. The molecule has 92 valence electrons. The van der Waals surface area contributed by atoms with Crippen LogP contribution in [-0.4, -0.2) is 39.3 Å². The molecule has 0 bridgehead atoms. The van der Waals surface area contributed by atoms with Crippen LogP contribution in [0, 0.1) is 11.3 Å². The molecule has 0 saturated heterocycles. The number of benzene rings is 1. The fourth-order valence-electron chi connectivity index (χ4n) is 1.25. The second-order valence-electron chi connectivity index (χ2n) is 3.75. The summed E-state index contributed by atoms with van der Waals surface area (Å²) in [6.07, 6.45) is 0. The predicted octanol–water partition coefficient (Wildman–Crippen LogP) is 2.27. The van der Waals surface area contributed by atoms with Crippen molar-refractivity contribution in [3.05, 3.63) is 22.2 Å². The highest BCUT2D eigenvalue weighted by molar-refractivity contribution is 9.10. The van der Waals surface area contributed by atoms with E-state index in [1.807, 2.05) is 19.0 Å². The van der Waals surface area contributed by atoms with Crippen LogP contribution in [-0.2, 0) is 0 Å². The van der Waals surface area contributed by atoms with Gasteiger partial charge >= 0.3 is 0 Å². The van der Waals surface area contributed by atoms with E-state index in [9.17, 15) is 0 Å². The van der Waals surface area contributed by atoms with Crippen molar-refractivity contribution in [3.8, 4) is 17.6 Å². The van der Waals surface area contributed by atoms with Gasteiger partial charge in [0.25, 0.3) is 0 Å². The SMILES string of the molecule is COc1cc(C#N)cc(Br)c1OCCN(C)C. The molecular weight excluding hydrogens is 284 g/mol. The molecule has 0 unspecified atom stereocenters. The van der Waals surface area contributed by atoms with Gasteiger partial charge in [0, 0.05) is 12.6 Å². The second kappa shape index (κ2) is 6.48. The number of likely N-dealkylation sites (N-methyl/N-ethyl adjacent to an activating group) is 1. The van der Waals surface area contributed by atoms with Crippen LogP contribution in [0.15, 0.2) is 16.6 Å². The van der Waals surface area contributed by atoms with E-state index < -0.39 is 0 Å². The minimum atomic E-state index is 0.536. The first-order valence-electron chi connectivity index (χ1n) is 5.13. The molecule has 0 aromatic heterocycles. The van der Waals surface area contributed by atoms with Crippen molar-refractivity contribution in [2.75, 3.05) is 34.4 Å². The van der Waals surface area contributed by atoms with E-state index in [0.717, 1.165) is 11.0 Å². The minimum absolute atomic E-state index is 0.536. The minimum Gasteiger partial charge on any atom is -0.493 e. The number of rotatable bonds is 5. The van der Waals surface area contributed by atoms with E-state index in [1.54, 1.807) is 19.2 Å². The van der Waals surface area contributed by atoms with Gasteiger partial charge in [-0.15, -0.1) is 0 Å². The molecule has 0 saturated carbocycles. The number of hydrogen-bond acceptors (Lipinski definition) is 4. The zero-order valence-corrected chi connectivity index (χ0v) is 11.7. The first kappa shape index (κ1) is 13.8. The van der Waals surface area contributed by atoms with Crippen molar-refractivity contribution in [3.63, 3.8) is 0 Å². The lowest BCUT2D eigenvalue weighted by Crippen LogP contribution is -2.19. The maximum absolute atomic E-state index is 8.85. The summed E-state index contributed by atoms with van der Waals surface area (Å²) in [6, 6.07) is 5.45. The van der Waals surface area contributed by atoms with Gasteiger partial charge in [0.05, 0.1) is 23.2 Å². The molecule has 0 amide bonds. The summed E-state index contributed by atoms with van der Waals surface area (Å²) < 4.78 is 11.6. The van der Waals surface area contributed by atoms with Gasteiger partial charge in [0.15, 0.2) is 11.5 Å². The number of hydrogen-bond donors (Lipinski definition) is 0. The van der Waals surface area contributed by atoms with Crippen LogP contribution in [0.4, 0.5) is 0 Å². The summed E-state index contributed by atoms with van der Waals surface area (Å²) in [6.45, 7) is 1.38. The molecule has 1 aromatic rings. The molecule has 0 aliphatic heterocycles. The summed E-state index contributed by atoms with van der Waals surface area (Å²) in [5, 5.41) is 8.85. The number of nitriles is 1. The van der Waals surface area contributed by atoms with Crippen LogP contribution in [0.2, 0.25) is 0 Å². The third kappa shape index (κ3) is 3.91. The summed E-state index contributed by atoms with van der Waals surface area (Å²) >= 11 is 3.38. The number of ether oxygens (including phenoxy) is 2. The van der Waals surface area contributed by atoms with E-state index in [2.05, 4.69) is 22.0 Å². The Morgan fingerprint density at radius 1 is 1.41 bits per heavy atom. The Hall–Kier alpha value is -1.25. The van der Waals surface area contributed by atoms with Crippen LogP contribution in [0.1, 0.15) is 5.56 Å². The summed E-state index contributed by atoms with van der Waals surface area (Å²) in [5.41, 5.74) is 0.536. The number of halogens is 1. The van der Waals surface area contributed by atoms with Gasteiger partial charge in [-0.05, 0) is 36.1 Å². The van der Waals surface area contributed by atoms with Gasteiger partial charge in [0.1, 0.15) is 6.61 Å². The highest BCUT2D eigenvalue weighted by atomic mass is 79.9. The van der Waals surface area contributed by atoms with Gasteiger partial charge in [-0.2, -0.15) is 5.26 Å². The summed E-state index contributed by atoms with van der Waals surface area (Å²) in [5.74, 6) is 1.20. The lowest BCUT2D eigenvalue weighted by molar-refractivity contribution is 0.249. The highest BCUT2D eigenvalue weighted by Crippen LogP contribution is 2.36. The topological polar surface area (TPSA) is 45.5 Å². The quantitative estimate of drug-likeness (QED) is 0.836. The van der Waals surface area contributed by atoms with Gasteiger partial charge in [-0.1, -0.05) is 0 Å². The van der Waals surface area contributed by atoms with Crippen LogP contribution in [0.3, 0.4) is 0 Å². The third-order valence-electron chi connectivity index (χ3n) is 2.14.